The van der Waals surface area contributed by atoms with Gasteiger partial charge in [0, 0.05) is 15.3 Å². The van der Waals surface area contributed by atoms with Gasteiger partial charge in [-0.1, -0.05) is 0 Å². The number of anilines is 1. The summed E-state index contributed by atoms with van der Waals surface area (Å²) in [5, 5.41) is 3.28. The van der Waals surface area contributed by atoms with E-state index < -0.39 is 9.84 Å². The van der Waals surface area contributed by atoms with Crippen molar-refractivity contribution in [3.8, 4) is 0 Å². The van der Waals surface area contributed by atoms with Gasteiger partial charge in [0.15, 0.2) is 9.84 Å². The van der Waals surface area contributed by atoms with Gasteiger partial charge in [0.1, 0.15) is 0 Å². The number of nitrogens with one attached hydrogen (secondary N) is 1. The number of hydrogen-bond donors (Lipinski definition) is 1. The summed E-state index contributed by atoms with van der Waals surface area (Å²) < 4.78 is 24.1. The van der Waals surface area contributed by atoms with Gasteiger partial charge in [-0.25, -0.2) is 8.42 Å². The molecular formula is C11H14INO2S. The maximum absolute atomic E-state index is 11.5. The highest BCUT2D eigenvalue weighted by Gasteiger charge is 2.24. The van der Waals surface area contributed by atoms with E-state index in [1.165, 1.54) is 3.57 Å². The topological polar surface area (TPSA) is 46.2 Å². The maximum Gasteiger partial charge on any atom is 0.152 e. The molecule has 1 N–H and O–H groups in total. The molecule has 0 aliphatic carbocycles. The minimum atomic E-state index is -2.82. The molecule has 0 bridgehead atoms. The molecule has 1 aromatic carbocycles. The fourth-order valence-corrected chi connectivity index (χ4v) is 3.91. The van der Waals surface area contributed by atoms with Gasteiger partial charge in [0.25, 0.3) is 0 Å². The average Bonchev–Trinajstić information content (AvgIpc) is 2.20. The van der Waals surface area contributed by atoms with Gasteiger partial charge in [-0.15, -0.1) is 0 Å². The molecule has 1 fully saturated rings. The third-order valence-electron chi connectivity index (χ3n) is 2.68. The molecule has 1 aliphatic rings. The van der Waals surface area contributed by atoms with E-state index in [9.17, 15) is 8.42 Å². The highest BCUT2D eigenvalue weighted by Crippen LogP contribution is 2.18. The largest absolute Gasteiger partial charge is 0.381 e. The van der Waals surface area contributed by atoms with Crippen LogP contribution in [0, 0.1) is 3.57 Å². The summed E-state index contributed by atoms with van der Waals surface area (Å²) >= 11 is 2.25. The Morgan fingerprint density at radius 1 is 1.25 bits per heavy atom. The Bertz CT molecular complexity index is 455. The molecule has 16 heavy (non-hydrogen) atoms. The Morgan fingerprint density at radius 3 is 2.56 bits per heavy atom. The van der Waals surface area contributed by atoms with Crippen LogP contribution in [0.25, 0.3) is 0 Å². The van der Waals surface area contributed by atoms with Crippen molar-refractivity contribution in [1.29, 1.82) is 0 Å². The van der Waals surface area contributed by atoms with Crippen molar-refractivity contribution < 1.29 is 8.42 Å². The molecule has 0 spiro atoms. The van der Waals surface area contributed by atoms with E-state index in [1.807, 2.05) is 24.3 Å². The van der Waals surface area contributed by atoms with E-state index in [-0.39, 0.29) is 11.8 Å². The van der Waals surface area contributed by atoms with E-state index in [0.717, 1.165) is 18.5 Å². The summed E-state index contributed by atoms with van der Waals surface area (Å²) in [5.41, 5.74) is 1.00. The zero-order chi connectivity index (χ0) is 11.6. The number of hydrogen-bond acceptors (Lipinski definition) is 3. The third kappa shape index (κ3) is 3.35. The van der Waals surface area contributed by atoms with Crippen molar-refractivity contribution in [1.82, 2.24) is 0 Å². The normalized spacial score (nSPS) is 23.9. The minimum absolute atomic E-state index is 0.0683. The Morgan fingerprint density at radius 2 is 1.94 bits per heavy atom. The van der Waals surface area contributed by atoms with Crippen molar-refractivity contribution in [3.63, 3.8) is 0 Å². The lowest BCUT2D eigenvalue weighted by Gasteiger charge is -2.23. The summed E-state index contributed by atoms with van der Waals surface area (Å²) in [6.07, 6.45) is 1.70. The lowest BCUT2D eigenvalue weighted by atomic mass is 10.2. The molecule has 0 radical (unpaired) electrons. The predicted molar refractivity (Wildman–Crippen MR) is 74.5 cm³/mol. The quantitative estimate of drug-likeness (QED) is 0.832. The molecule has 0 saturated carbocycles. The number of sulfone groups is 1. The van der Waals surface area contributed by atoms with Gasteiger partial charge in [0.2, 0.25) is 0 Å². The van der Waals surface area contributed by atoms with E-state index in [0.29, 0.717) is 5.75 Å². The number of halogens is 1. The van der Waals surface area contributed by atoms with Gasteiger partial charge in [-0.2, -0.15) is 0 Å². The first-order valence-electron chi connectivity index (χ1n) is 5.28. The van der Waals surface area contributed by atoms with Crippen LogP contribution < -0.4 is 5.32 Å². The van der Waals surface area contributed by atoms with Crippen LogP contribution in [-0.2, 0) is 9.84 Å². The fourth-order valence-electron chi connectivity index (χ4n) is 1.92. The maximum atomic E-state index is 11.5. The van der Waals surface area contributed by atoms with E-state index in [1.54, 1.807) is 0 Å². The van der Waals surface area contributed by atoms with Gasteiger partial charge >= 0.3 is 0 Å². The zero-order valence-corrected chi connectivity index (χ0v) is 11.8. The van der Waals surface area contributed by atoms with Crippen LogP contribution in [0.2, 0.25) is 0 Å². The lowest BCUT2D eigenvalue weighted by molar-refractivity contribution is 0.562. The molecule has 0 amide bonds. The first kappa shape index (κ1) is 12.2. The standard InChI is InChI=1S/C11H14INO2S/c12-9-3-5-10(6-4-9)13-11-2-1-7-16(14,15)8-11/h3-6,11,13H,1-2,7-8H2. The molecular weight excluding hydrogens is 337 g/mol. The zero-order valence-electron chi connectivity index (χ0n) is 8.82. The van der Waals surface area contributed by atoms with Crippen LogP contribution >= 0.6 is 22.6 Å². The summed E-state index contributed by atoms with van der Waals surface area (Å²) in [6.45, 7) is 0. The van der Waals surface area contributed by atoms with Crippen LogP contribution in [0.3, 0.4) is 0 Å². The van der Waals surface area contributed by atoms with Crippen molar-refractivity contribution in [2.75, 3.05) is 16.8 Å². The van der Waals surface area contributed by atoms with Crippen LogP contribution in [0.15, 0.2) is 24.3 Å². The molecule has 2 rings (SSSR count). The SMILES string of the molecule is O=S1(=O)CCCC(Nc2ccc(I)cc2)C1. The molecule has 1 aliphatic heterocycles. The summed E-state index contributed by atoms with van der Waals surface area (Å²) in [6, 6.07) is 8.07. The van der Waals surface area contributed by atoms with Crippen LogP contribution in [-0.4, -0.2) is 26.0 Å². The molecule has 1 saturated heterocycles. The summed E-state index contributed by atoms with van der Waals surface area (Å²) in [5.74, 6) is 0.608. The van der Waals surface area contributed by atoms with Gasteiger partial charge in [-0.3, -0.25) is 0 Å². The van der Waals surface area contributed by atoms with E-state index in [2.05, 4.69) is 27.9 Å². The van der Waals surface area contributed by atoms with E-state index >= 15 is 0 Å². The second-order valence-electron chi connectivity index (χ2n) is 4.10. The van der Waals surface area contributed by atoms with Crippen molar-refractivity contribution in [3.05, 3.63) is 27.8 Å². The van der Waals surface area contributed by atoms with Gasteiger partial charge in [0.05, 0.1) is 11.5 Å². The molecule has 1 heterocycles. The fraction of sp³-hybridized carbons (Fsp3) is 0.455. The van der Waals surface area contributed by atoms with Crippen LogP contribution in [0.4, 0.5) is 5.69 Å². The second kappa shape index (κ2) is 4.91. The summed E-state index contributed by atoms with van der Waals surface area (Å²) in [7, 11) is -2.82. The Hall–Kier alpha value is -0.300. The summed E-state index contributed by atoms with van der Waals surface area (Å²) in [4.78, 5) is 0. The molecule has 1 aromatic rings. The van der Waals surface area contributed by atoms with Crippen LogP contribution in [0.1, 0.15) is 12.8 Å². The second-order valence-corrected chi connectivity index (χ2v) is 7.58. The molecule has 3 nitrogen and oxygen atoms in total. The monoisotopic (exact) mass is 351 g/mol. The minimum Gasteiger partial charge on any atom is -0.381 e. The van der Waals surface area contributed by atoms with Crippen LogP contribution in [0.5, 0.6) is 0 Å². The Balaban J connectivity index is 2.02. The van der Waals surface area contributed by atoms with Gasteiger partial charge < -0.3 is 5.32 Å². The lowest BCUT2D eigenvalue weighted by Crippen LogP contribution is -2.34. The first-order valence-corrected chi connectivity index (χ1v) is 8.18. The number of benzene rings is 1. The van der Waals surface area contributed by atoms with Crippen molar-refractivity contribution in [2.45, 2.75) is 18.9 Å². The molecule has 1 unspecified atom stereocenters. The highest BCUT2D eigenvalue weighted by atomic mass is 127. The smallest absolute Gasteiger partial charge is 0.152 e. The van der Waals surface area contributed by atoms with Crippen molar-refractivity contribution in [2.24, 2.45) is 0 Å². The first-order chi connectivity index (χ1) is 7.55. The Kier molecular flexibility index (Phi) is 3.73. The highest BCUT2D eigenvalue weighted by molar-refractivity contribution is 14.1. The van der Waals surface area contributed by atoms with Crippen molar-refractivity contribution >= 4 is 38.1 Å². The molecule has 88 valence electrons. The Labute approximate surface area is 110 Å². The molecule has 0 aromatic heterocycles. The van der Waals surface area contributed by atoms with Gasteiger partial charge in [-0.05, 0) is 59.7 Å². The number of rotatable bonds is 2. The molecule has 5 heteroatoms. The molecule has 1 atom stereocenters. The average molecular weight is 351 g/mol. The predicted octanol–water partition coefficient (Wildman–Crippen LogP) is 2.28. The van der Waals surface area contributed by atoms with E-state index in [4.69, 9.17) is 0 Å². The third-order valence-corrected chi connectivity index (χ3v) is 5.22.